The van der Waals surface area contributed by atoms with Crippen molar-refractivity contribution in [1.29, 1.82) is 0 Å². The third-order valence-corrected chi connectivity index (χ3v) is 2.27. The molecule has 14 heavy (non-hydrogen) atoms. The standard InChI is InChI=1S/C10H10F2O2/c11-8-2-1-3-9(12)10(8)14-7-4-6(13)5-7/h1-3,6-7,13H,4-5H2. The van der Waals surface area contributed by atoms with Crippen molar-refractivity contribution in [3.8, 4) is 5.75 Å². The topological polar surface area (TPSA) is 29.5 Å². The van der Waals surface area contributed by atoms with Gasteiger partial charge in [-0.05, 0) is 12.1 Å². The Morgan fingerprint density at radius 2 is 1.79 bits per heavy atom. The Bertz CT molecular complexity index is 315. The second-order valence-electron chi connectivity index (χ2n) is 3.42. The molecule has 0 aromatic heterocycles. The van der Waals surface area contributed by atoms with Gasteiger partial charge in [0.25, 0.3) is 0 Å². The van der Waals surface area contributed by atoms with Gasteiger partial charge < -0.3 is 9.84 Å². The molecule has 0 aliphatic heterocycles. The molecule has 4 heteroatoms. The van der Waals surface area contributed by atoms with Gasteiger partial charge in [0, 0.05) is 12.8 Å². The van der Waals surface area contributed by atoms with Gasteiger partial charge in [-0.1, -0.05) is 6.07 Å². The predicted octanol–water partition coefficient (Wildman–Crippen LogP) is 1.87. The van der Waals surface area contributed by atoms with Crippen molar-refractivity contribution in [2.45, 2.75) is 25.0 Å². The molecule has 1 aromatic carbocycles. The van der Waals surface area contributed by atoms with E-state index in [1.807, 2.05) is 0 Å². The van der Waals surface area contributed by atoms with Crippen LogP contribution in [0.15, 0.2) is 18.2 Å². The monoisotopic (exact) mass is 200 g/mol. The minimum atomic E-state index is -0.702. The van der Waals surface area contributed by atoms with Crippen LogP contribution >= 0.6 is 0 Å². The SMILES string of the molecule is OC1CC(Oc2c(F)cccc2F)C1. The molecule has 0 bridgehead atoms. The fourth-order valence-electron chi connectivity index (χ4n) is 1.40. The summed E-state index contributed by atoms with van der Waals surface area (Å²) in [6, 6.07) is 3.58. The summed E-state index contributed by atoms with van der Waals surface area (Å²) < 4.78 is 31.2. The van der Waals surface area contributed by atoms with E-state index in [4.69, 9.17) is 9.84 Å². The third kappa shape index (κ3) is 1.70. The van der Waals surface area contributed by atoms with E-state index >= 15 is 0 Å². The molecule has 1 fully saturated rings. The maximum Gasteiger partial charge on any atom is 0.191 e. The average Bonchev–Trinajstić information content (AvgIpc) is 2.08. The van der Waals surface area contributed by atoms with Crippen LogP contribution in [-0.4, -0.2) is 17.3 Å². The highest BCUT2D eigenvalue weighted by Crippen LogP contribution is 2.29. The van der Waals surface area contributed by atoms with E-state index in [1.165, 1.54) is 6.07 Å². The van der Waals surface area contributed by atoms with Gasteiger partial charge in [-0.25, -0.2) is 8.78 Å². The smallest absolute Gasteiger partial charge is 0.191 e. The first-order valence-electron chi connectivity index (χ1n) is 4.45. The van der Waals surface area contributed by atoms with Gasteiger partial charge in [0.15, 0.2) is 17.4 Å². The van der Waals surface area contributed by atoms with Crippen LogP contribution in [0.3, 0.4) is 0 Å². The van der Waals surface area contributed by atoms with Crippen molar-refractivity contribution in [2.75, 3.05) is 0 Å². The molecule has 0 saturated heterocycles. The first-order chi connectivity index (χ1) is 6.66. The largest absolute Gasteiger partial charge is 0.484 e. The van der Waals surface area contributed by atoms with Gasteiger partial charge in [0.2, 0.25) is 0 Å². The summed E-state index contributed by atoms with van der Waals surface area (Å²) in [6.45, 7) is 0. The molecule has 0 radical (unpaired) electrons. The zero-order valence-electron chi connectivity index (χ0n) is 7.41. The maximum atomic E-state index is 13.0. The van der Waals surface area contributed by atoms with Crippen LogP contribution < -0.4 is 4.74 Å². The van der Waals surface area contributed by atoms with Crippen LogP contribution in [0.25, 0.3) is 0 Å². The Morgan fingerprint density at radius 1 is 1.21 bits per heavy atom. The summed E-state index contributed by atoms with van der Waals surface area (Å²) in [5.41, 5.74) is 0. The molecule has 0 atom stereocenters. The van der Waals surface area contributed by atoms with E-state index in [0.717, 1.165) is 12.1 Å². The summed E-state index contributed by atoms with van der Waals surface area (Å²) in [7, 11) is 0. The number of aliphatic hydroxyl groups excluding tert-OH is 1. The molecule has 1 N–H and O–H groups in total. The molecule has 1 aliphatic carbocycles. The number of benzene rings is 1. The molecular formula is C10H10F2O2. The first-order valence-corrected chi connectivity index (χ1v) is 4.45. The Hall–Kier alpha value is -1.16. The van der Waals surface area contributed by atoms with Gasteiger partial charge in [0.05, 0.1) is 6.10 Å². The highest BCUT2D eigenvalue weighted by molar-refractivity contribution is 5.26. The predicted molar refractivity (Wildman–Crippen MR) is 46.0 cm³/mol. The van der Waals surface area contributed by atoms with E-state index in [1.54, 1.807) is 0 Å². The summed E-state index contributed by atoms with van der Waals surface area (Å²) in [5.74, 6) is -1.75. The van der Waals surface area contributed by atoms with Crippen molar-refractivity contribution in [2.24, 2.45) is 0 Å². The molecule has 2 nitrogen and oxygen atoms in total. The number of hydrogen-bond acceptors (Lipinski definition) is 2. The minimum Gasteiger partial charge on any atom is -0.484 e. The normalized spacial score (nSPS) is 25.6. The zero-order valence-corrected chi connectivity index (χ0v) is 7.41. The Labute approximate surface area is 80.1 Å². The van der Waals surface area contributed by atoms with Crippen molar-refractivity contribution >= 4 is 0 Å². The third-order valence-electron chi connectivity index (χ3n) is 2.27. The summed E-state index contributed by atoms with van der Waals surface area (Å²) in [6.07, 6.45) is 0.216. The molecule has 76 valence electrons. The Morgan fingerprint density at radius 3 is 2.29 bits per heavy atom. The maximum absolute atomic E-state index is 13.0. The number of ether oxygens (including phenoxy) is 1. The molecule has 0 heterocycles. The number of hydrogen-bond donors (Lipinski definition) is 1. The summed E-state index contributed by atoms with van der Waals surface area (Å²) in [5, 5.41) is 8.97. The van der Waals surface area contributed by atoms with Crippen molar-refractivity contribution in [1.82, 2.24) is 0 Å². The lowest BCUT2D eigenvalue weighted by atomic mass is 9.92. The second-order valence-corrected chi connectivity index (χ2v) is 3.42. The van der Waals surface area contributed by atoms with E-state index < -0.39 is 17.7 Å². The van der Waals surface area contributed by atoms with Crippen LogP contribution in [0.2, 0.25) is 0 Å². The molecule has 0 amide bonds. The van der Waals surface area contributed by atoms with Crippen LogP contribution in [0.5, 0.6) is 5.75 Å². The fourth-order valence-corrected chi connectivity index (χ4v) is 1.40. The number of para-hydroxylation sites is 1. The molecular weight excluding hydrogens is 190 g/mol. The summed E-state index contributed by atoms with van der Waals surface area (Å²) in [4.78, 5) is 0. The average molecular weight is 200 g/mol. The molecule has 1 saturated carbocycles. The quantitative estimate of drug-likeness (QED) is 0.789. The lowest BCUT2D eigenvalue weighted by molar-refractivity contribution is -0.0142. The highest BCUT2D eigenvalue weighted by Gasteiger charge is 2.30. The van der Waals surface area contributed by atoms with Gasteiger partial charge in [-0.2, -0.15) is 0 Å². The van der Waals surface area contributed by atoms with Gasteiger partial charge in [-0.15, -0.1) is 0 Å². The molecule has 1 aliphatic rings. The van der Waals surface area contributed by atoms with Crippen LogP contribution in [0, 0.1) is 11.6 Å². The second kappa shape index (κ2) is 3.53. The minimum absolute atomic E-state index is 0.267. The van der Waals surface area contributed by atoms with E-state index in [2.05, 4.69) is 0 Å². The van der Waals surface area contributed by atoms with Crippen LogP contribution in [-0.2, 0) is 0 Å². The van der Waals surface area contributed by atoms with Crippen LogP contribution in [0.1, 0.15) is 12.8 Å². The Balaban J connectivity index is 2.09. The molecule has 1 aromatic rings. The van der Waals surface area contributed by atoms with Gasteiger partial charge in [0.1, 0.15) is 6.10 Å². The van der Waals surface area contributed by atoms with Crippen molar-refractivity contribution in [3.63, 3.8) is 0 Å². The zero-order chi connectivity index (χ0) is 10.1. The van der Waals surface area contributed by atoms with E-state index in [0.29, 0.717) is 12.8 Å². The lowest BCUT2D eigenvalue weighted by Gasteiger charge is -2.31. The van der Waals surface area contributed by atoms with Crippen LogP contribution in [0.4, 0.5) is 8.78 Å². The Kier molecular flexibility index (Phi) is 2.37. The van der Waals surface area contributed by atoms with Gasteiger partial charge >= 0.3 is 0 Å². The molecule has 2 rings (SSSR count). The molecule has 0 unspecified atom stereocenters. The molecule has 0 spiro atoms. The highest BCUT2D eigenvalue weighted by atomic mass is 19.1. The first kappa shape index (κ1) is 9.40. The number of halogens is 2. The fraction of sp³-hybridized carbons (Fsp3) is 0.400. The lowest BCUT2D eigenvalue weighted by Crippen LogP contribution is -2.37. The summed E-state index contributed by atoms with van der Waals surface area (Å²) >= 11 is 0. The number of aliphatic hydroxyl groups is 1. The van der Waals surface area contributed by atoms with Gasteiger partial charge in [-0.3, -0.25) is 0 Å². The van der Waals surface area contributed by atoms with Crippen molar-refractivity contribution in [3.05, 3.63) is 29.8 Å². The number of rotatable bonds is 2. The van der Waals surface area contributed by atoms with E-state index in [9.17, 15) is 8.78 Å². The van der Waals surface area contributed by atoms with Crippen molar-refractivity contribution < 1.29 is 18.6 Å². The van der Waals surface area contributed by atoms with E-state index in [-0.39, 0.29) is 11.9 Å².